The van der Waals surface area contributed by atoms with Crippen LogP contribution in [-0.2, 0) is 14.3 Å². The molecule has 1 atom stereocenters. The lowest BCUT2D eigenvalue weighted by atomic mass is 9.82. The SMILES string of the molecule is CCOC(=O)c1ccc(N2CC(C(=O)N3CCC4(CC3)CC(=O)c3cc(C)ccc3O4)CC2=O)cc1. The molecule has 2 aromatic carbocycles. The van der Waals surface area contributed by atoms with Crippen LogP contribution in [0.3, 0.4) is 0 Å². The van der Waals surface area contributed by atoms with Gasteiger partial charge in [-0.15, -0.1) is 0 Å². The van der Waals surface area contributed by atoms with Gasteiger partial charge in [0.1, 0.15) is 11.4 Å². The van der Waals surface area contributed by atoms with Crippen molar-refractivity contribution in [1.29, 1.82) is 0 Å². The van der Waals surface area contributed by atoms with Gasteiger partial charge in [-0.05, 0) is 50.2 Å². The molecule has 3 heterocycles. The van der Waals surface area contributed by atoms with E-state index in [0.29, 0.717) is 68.1 Å². The molecule has 188 valence electrons. The monoisotopic (exact) mass is 490 g/mol. The molecule has 0 radical (unpaired) electrons. The third kappa shape index (κ3) is 4.47. The van der Waals surface area contributed by atoms with Crippen LogP contribution in [-0.4, -0.2) is 60.3 Å². The number of anilines is 1. The number of piperidine rings is 1. The molecule has 5 rings (SSSR count). The van der Waals surface area contributed by atoms with E-state index >= 15 is 0 Å². The van der Waals surface area contributed by atoms with Crippen molar-refractivity contribution in [2.75, 3.05) is 31.1 Å². The summed E-state index contributed by atoms with van der Waals surface area (Å²) in [5, 5.41) is 0. The van der Waals surface area contributed by atoms with Gasteiger partial charge in [0.2, 0.25) is 11.8 Å². The summed E-state index contributed by atoms with van der Waals surface area (Å²) < 4.78 is 11.3. The van der Waals surface area contributed by atoms with Crippen LogP contribution < -0.4 is 9.64 Å². The Balaban J connectivity index is 1.20. The fourth-order valence-corrected chi connectivity index (χ4v) is 5.39. The lowest BCUT2D eigenvalue weighted by molar-refractivity contribution is -0.139. The highest BCUT2D eigenvalue weighted by Crippen LogP contribution is 2.40. The number of carbonyl (C=O) groups is 4. The third-order valence-corrected chi connectivity index (χ3v) is 7.40. The number of ether oxygens (including phenoxy) is 2. The number of ketones is 1. The summed E-state index contributed by atoms with van der Waals surface area (Å²) >= 11 is 0. The van der Waals surface area contributed by atoms with Gasteiger partial charge in [0, 0.05) is 44.6 Å². The van der Waals surface area contributed by atoms with Crippen molar-refractivity contribution in [1.82, 2.24) is 4.90 Å². The number of likely N-dealkylation sites (tertiary alicyclic amines) is 1. The van der Waals surface area contributed by atoms with E-state index in [9.17, 15) is 19.2 Å². The summed E-state index contributed by atoms with van der Waals surface area (Å²) in [4.78, 5) is 54.1. The Hall–Kier alpha value is -3.68. The van der Waals surface area contributed by atoms with Crippen LogP contribution in [0.2, 0.25) is 0 Å². The second-order valence-electron chi connectivity index (χ2n) is 9.88. The molecule has 3 aliphatic heterocycles. The number of hydrogen-bond donors (Lipinski definition) is 0. The van der Waals surface area contributed by atoms with E-state index in [4.69, 9.17) is 9.47 Å². The first-order valence-corrected chi connectivity index (χ1v) is 12.5. The molecular weight excluding hydrogens is 460 g/mol. The second kappa shape index (κ2) is 9.41. The third-order valence-electron chi connectivity index (χ3n) is 7.40. The van der Waals surface area contributed by atoms with Gasteiger partial charge in [0.15, 0.2) is 5.78 Å². The number of rotatable bonds is 4. The average molecular weight is 491 g/mol. The first-order chi connectivity index (χ1) is 17.3. The summed E-state index contributed by atoms with van der Waals surface area (Å²) in [5.74, 6) is -0.266. The van der Waals surface area contributed by atoms with Crippen LogP contribution in [0.4, 0.5) is 5.69 Å². The molecule has 0 aromatic heterocycles. The van der Waals surface area contributed by atoms with Gasteiger partial charge in [0.05, 0.1) is 30.1 Å². The van der Waals surface area contributed by atoms with E-state index in [1.54, 1.807) is 41.0 Å². The Bertz CT molecular complexity index is 1210. The number of Topliss-reactive ketones (excluding diaryl/α,β-unsaturated/α-hetero) is 1. The molecule has 1 spiro atoms. The van der Waals surface area contributed by atoms with Gasteiger partial charge in [-0.3, -0.25) is 14.4 Å². The maximum atomic E-state index is 13.3. The molecule has 2 fully saturated rings. The largest absolute Gasteiger partial charge is 0.486 e. The smallest absolute Gasteiger partial charge is 0.338 e. The minimum Gasteiger partial charge on any atom is -0.486 e. The second-order valence-corrected chi connectivity index (χ2v) is 9.88. The summed E-state index contributed by atoms with van der Waals surface area (Å²) in [6.07, 6.45) is 1.64. The molecule has 3 aliphatic rings. The summed E-state index contributed by atoms with van der Waals surface area (Å²) in [6, 6.07) is 12.3. The number of carbonyl (C=O) groups excluding carboxylic acids is 4. The lowest BCUT2D eigenvalue weighted by Crippen LogP contribution is -2.53. The maximum absolute atomic E-state index is 13.3. The Labute approximate surface area is 210 Å². The van der Waals surface area contributed by atoms with Gasteiger partial charge in [0.25, 0.3) is 0 Å². The molecular formula is C28H30N2O6. The van der Waals surface area contributed by atoms with Crippen molar-refractivity contribution < 1.29 is 28.7 Å². The van der Waals surface area contributed by atoms with E-state index in [2.05, 4.69) is 0 Å². The van der Waals surface area contributed by atoms with Crippen LogP contribution in [0.1, 0.15) is 58.9 Å². The maximum Gasteiger partial charge on any atom is 0.338 e. The summed E-state index contributed by atoms with van der Waals surface area (Å²) in [6.45, 7) is 5.28. The van der Waals surface area contributed by atoms with Crippen LogP contribution in [0.15, 0.2) is 42.5 Å². The quantitative estimate of drug-likeness (QED) is 0.609. The van der Waals surface area contributed by atoms with Gasteiger partial charge < -0.3 is 19.3 Å². The first-order valence-electron chi connectivity index (χ1n) is 12.5. The minimum absolute atomic E-state index is 0.0398. The predicted octanol–water partition coefficient (Wildman–Crippen LogP) is 3.55. The van der Waals surface area contributed by atoms with Crippen LogP contribution in [0, 0.1) is 12.8 Å². The number of fused-ring (bicyclic) bond motifs is 1. The van der Waals surface area contributed by atoms with E-state index < -0.39 is 17.5 Å². The van der Waals surface area contributed by atoms with Crippen molar-refractivity contribution in [2.24, 2.45) is 5.92 Å². The molecule has 2 aromatic rings. The number of benzene rings is 2. The summed E-state index contributed by atoms with van der Waals surface area (Å²) in [5.41, 5.74) is 2.16. The zero-order valence-electron chi connectivity index (χ0n) is 20.6. The minimum atomic E-state index is -0.575. The average Bonchev–Trinajstić information content (AvgIpc) is 3.26. The van der Waals surface area contributed by atoms with Gasteiger partial charge in [-0.2, -0.15) is 0 Å². The highest BCUT2D eigenvalue weighted by Gasteiger charge is 2.45. The fourth-order valence-electron chi connectivity index (χ4n) is 5.39. The summed E-state index contributed by atoms with van der Waals surface area (Å²) in [7, 11) is 0. The Morgan fingerprint density at radius 2 is 1.81 bits per heavy atom. The standard InChI is InChI=1S/C28H30N2O6/c1-3-35-27(34)19-5-7-21(8-6-19)30-17-20(15-25(30)32)26(33)29-12-10-28(11-13-29)16-23(31)22-14-18(2)4-9-24(22)36-28/h4-9,14,20H,3,10-13,15-17H2,1-2H3. The van der Waals surface area contributed by atoms with Crippen LogP contribution in [0.5, 0.6) is 5.75 Å². The van der Waals surface area contributed by atoms with Crippen molar-refractivity contribution in [2.45, 2.75) is 45.1 Å². The zero-order valence-corrected chi connectivity index (χ0v) is 20.6. The molecule has 0 aliphatic carbocycles. The number of hydrogen-bond acceptors (Lipinski definition) is 6. The molecule has 8 heteroatoms. The lowest BCUT2D eigenvalue weighted by Gasteiger charge is -2.44. The Morgan fingerprint density at radius 1 is 1.08 bits per heavy atom. The number of nitrogens with zero attached hydrogens (tertiary/aromatic N) is 2. The van der Waals surface area contributed by atoms with Crippen molar-refractivity contribution in [3.63, 3.8) is 0 Å². The normalized spacial score (nSPS) is 20.8. The first kappa shape index (κ1) is 24.0. The van der Waals surface area contributed by atoms with Crippen LogP contribution >= 0.6 is 0 Å². The molecule has 1 unspecified atom stereocenters. The molecule has 0 bridgehead atoms. The van der Waals surface area contributed by atoms with E-state index in [1.165, 1.54) is 0 Å². The molecule has 8 nitrogen and oxygen atoms in total. The Morgan fingerprint density at radius 3 is 2.50 bits per heavy atom. The highest BCUT2D eigenvalue weighted by atomic mass is 16.5. The topological polar surface area (TPSA) is 93.2 Å². The number of amides is 2. The van der Waals surface area contributed by atoms with E-state index in [-0.39, 0.29) is 24.0 Å². The van der Waals surface area contributed by atoms with Crippen LogP contribution in [0.25, 0.3) is 0 Å². The molecule has 0 N–H and O–H groups in total. The molecule has 2 amide bonds. The molecule has 0 saturated carbocycles. The predicted molar refractivity (Wildman–Crippen MR) is 132 cm³/mol. The van der Waals surface area contributed by atoms with E-state index in [0.717, 1.165) is 5.56 Å². The van der Waals surface area contributed by atoms with Gasteiger partial charge >= 0.3 is 5.97 Å². The number of esters is 1. The Kier molecular flexibility index (Phi) is 6.28. The van der Waals surface area contributed by atoms with Crippen molar-refractivity contribution in [3.8, 4) is 5.75 Å². The van der Waals surface area contributed by atoms with Crippen molar-refractivity contribution >= 4 is 29.3 Å². The fraction of sp³-hybridized carbons (Fsp3) is 0.429. The van der Waals surface area contributed by atoms with E-state index in [1.807, 2.05) is 25.1 Å². The molecule has 36 heavy (non-hydrogen) atoms. The number of aryl methyl sites for hydroxylation is 1. The highest BCUT2D eigenvalue weighted by molar-refractivity contribution is 6.01. The van der Waals surface area contributed by atoms with Gasteiger partial charge in [-0.1, -0.05) is 11.6 Å². The van der Waals surface area contributed by atoms with Gasteiger partial charge in [-0.25, -0.2) is 4.79 Å². The van der Waals surface area contributed by atoms with Crippen molar-refractivity contribution in [3.05, 3.63) is 59.2 Å². The molecule has 2 saturated heterocycles. The zero-order chi connectivity index (χ0) is 25.4.